The lowest BCUT2D eigenvalue weighted by Crippen LogP contribution is -2.36. The van der Waals surface area contributed by atoms with Crippen LogP contribution in [0.5, 0.6) is 0 Å². The summed E-state index contributed by atoms with van der Waals surface area (Å²) < 4.78 is 105. The summed E-state index contributed by atoms with van der Waals surface area (Å²) in [4.78, 5) is 0. The molecule has 0 aromatic carbocycles. The van der Waals surface area contributed by atoms with Crippen LogP contribution < -0.4 is 0 Å². The highest BCUT2D eigenvalue weighted by Crippen LogP contribution is 2.50. The summed E-state index contributed by atoms with van der Waals surface area (Å²) in [6, 6.07) is 0. The van der Waals surface area contributed by atoms with E-state index >= 15 is 0 Å². The highest BCUT2D eigenvalue weighted by Gasteiger charge is 2.63. The number of hydrogen-bond donors (Lipinski definition) is 0. The highest BCUT2D eigenvalue weighted by molar-refractivity contribution is 9.10. The fourth-order valence-corrected chi connectivity index (χ4v) is 2.26. The maximum absolute atomic E-state index is 13.7. The summed E-state index contributed by atoms with van der Waals surface area (Å²) in [7, 11) is 0.913. The summed E-state index contributed by atoms with van der Waals surface area (Å²) in [6.07, 6.45) is -9.43. The predicted octanol–water partition coefficient (Wildman–Crippen LogP) is 4.65. The Labute approximate surface area is 131 Å². The fraction of sp³-hybridized carbons (Fsp3) is 0.364. The average molecular weight is 412 g/mol. The Hall–Kier alpha value is -1.59. The third-order valence-electron chi connectivity index (χ3n) is 2.89. The van der Waals surface area contributed by atoms with Crippen LogP contribution in [0.3, 0.4) is 0 Å². The molecule has 0 fully saturated rings. The van der Waals surface area contributed by atoms with E-state index in [0.717, 1.165) is 19.4 Å². The van der Waals surface area contributed by atoms with E-state index in [1.165, 1.54) is 0 Å². The number of rotatable bonds is 2. The van der Waals surface area contributed by atoms with Crippen molar-refractivity contribution in [1.29, 1.82) is 0 Å². The van der Waals surface area contributed by atoms with E-state index in [4.69, 9.17) is 0 Å². The van der Waals surface area contributed by atoms with E-state index in [1.807, 2.05) is 0 Å². The summed E-state index contributed by atoms with van der Waals surface area (Å²) in [6.45, 7) is 0. The lowest BCUT2D eigenvalue weighted by Gasteiger charge is -2.22. The fourth-order valence-electron chi connectivity index (χ4n) is 1.98. The van der Waals surface area contributed by atoms with Gasteiger partial charge in [-0.15, -0.1) is 0 Å². The second-order valence-corrected chi connectivity index (χ2v) is 5.44. The van der Waals surface area contributed by atoms with Gasteiger partial charge in [-0.25, -0.2) is 4.68 Å². The van der Waals surface area contributed by atoms with E-state index in [2.05, 4.69) is 21.0 Å². The third-order valence-corrected chi connectivity index (χ3v) is 3.30. The van der Waals surface area contributed by atoms with Gasteiger partial charge in [-0.2, -0.15) is 40.2 Å². The van der Waals surface area contributed by atoms with Gasteiger partial charge in [0.1, 0.15) is 5.82 Å². The minimum absolute atomic E-state index is 0.167. The van der Waals surface area contributed by atoms with Crippen LogP contribution in [0, 0.1) is 0 Å². The molecule has 3 nitrogen and oxygen atoms in total. The average Bonchev–Trinajstić information content (AvgIpc) is 2.90. The quantitative estimate of drug-likeness (QED) is 0.659. The van der Waals surface area contributed by atoms with Gasteiger partial charge in [0.25, 0.3) is 0 Å². The molecule has 2 aromatic heterocycles. The van der Waals surface area contributed by atoms with Crippen molar-refractivity contribution in [2.75, 3.05) is 0 Å². The molecule has 23 heavy (non-hydrogen) atoms. The van der Waals surface area contributed by atoms with Crippen LogP contribution in [0.2, 0.25) is 0 Å². The van der Waals surface area contributed by atoms with E-state index in [1.54, 1.807) is 0 Å². The summed E-state index contributed by atoms with van der Waals surface area (Å²) in [5.41, 5.74) is -4.28. The number of nitrogens with zero attached hydrogens (tertiary/aromatic N) is 3. The first-order valence-electron chi connectivity index (χ1n) is 5.69. The van der Waals surface area contributed by atoms with Crippen molar-refractivity contribution < 1.29 is 35.1 Å². The van der Waals surface area contributed by atoms with Gasteiger partial charge in [0, 0.05) is 19.4 Å². The Morgan fingerprint density at radius 1 is 1.00 bits per heavy atom. The summed E-state index contributed by atoms with van der Waals surface area (Å²) in [5.74, 6) is -6.75. The molecule has 0 unspecified atom stereocenters. The molecule has 2 rings (SSSR count). The first-order valence-corrected chi connectivity index (χ1v) is 6.48. The molecule has 0 radical (unpaired) electrons. The summed E-state index contributed by atoms with van der Waals surface area (Å²) in [5, 5.41) is 3.48. The molecule has 0 bridgehead atoms. The van der Waals surface area contributed by atoms with Crippen LogP contribution >= 0.6 is 15.9 Å². The molecule has 2 aromatic rings. The molecule has 0 saturated carbocycles. The van der Waals surface area contributed by atoms with Gasteiger partial charge in [-0.3, -0.25) is 0 Å². The van der Waals surface area contributed by atoms with Gasteiger partial charge in [-0.05, 0) is 15.9 Å². The molecule has 12 heteroatoms. The number of hydrogen-bond acceptors (Lipinski definition) is 1. The van der Waals surface area contributed by atoms with Crippen molar-refractivity contribution in [2.45, 2.75) is 18.3 Å². The third kappa shape index (κ3) is 2.95. The van der Waals surface area contributed by atoms with Crippen molar-refractivity contribution in [3.8, 4) is 5.82 Å². The molecule has 0 atom stereocenters. The van der Waals surface area contributed by atoms with Crippen molar-refractivity contribution in [3.63, 3.8) is 0 Å². The molecule has 0 N–H and O–H groups in total. The molecular weight excluding hydrogens is 406 g/mol. The molecule has 0 amide bonds. The first kappa shape index (κ1) is 17.8. The van der Waals surface area contributed by atoms with E-state index in [-0.39, 0.29) is 10.7 Å². The molecule has 0 aliphatic rings. The number of aryl methyl sites for hydroxylation is 1. The smallest absolute Gasteiger partial charge is 0.335 e. The van der Waals surface area contributed by atoms with Gasteiger partial charge in [0.2, 0.25) is 0 Å². The number of aromatic nitrogens is 3. The van der Waals surface area contributed by atoms with Crippen LogP contribution in [0.25, 0.3) is 5.82 Å². The number of halogens is 9. The maximum atomic E-state index is 13.7. The molecule has 0 saturated heterocycles. The minimum Gasteiger partial charge on any atom is -0.335 e. The molecule has 0 aliphatic heterocycles. The maximum Gasteiger partial charge on any atom is 0.458 e. The Kier molecular flexibility index (Phi) is 4.02. The standard InChI is InChI=1S/C11H6BrF8N3/c1-22-4-6(10(15,16)17)7(9(13,14)11(18,19)20)8(22)23-3-5(12)2-21-23/h2-4H,1H3. The van der Waals surface area contributed by atoms with E-state index < -0.39 is 35.2 Å². The predicted molar refractivity (Wildman–Crippen MR) is 65.2 cm³/mol. The zero-order valence-corrected chi connectivity index (χ0v) is 12.6. The molecular formula is C11H6BrF8N3. The zero-order valence-electron chi connectivity index (χ0n) is 11.0. The Bertz CT molecular complexity index is 725. The van der Waals surface area contributed by atoms with Gasteiger partial charge < -0.3 is 4.57 Å². The van der Waals surface area contributed by atoms with Gasteiger partial charge >= 0.3 is 18.3 Å². The molecule has 2 heterocycles. The summed E-state index contributed by atoms with van der Waals surface area (Å²) >= 11 is 2.89. The van der Waals surface area contributed by atoms with Crippen LogP contribution in [-0.2, 0) is 19.1 Å². The highest BCUT2D eigenvalue weighted by atomic mass is 79.9. The van der Waals surface area contributed by atoms with E-state index in [9.17, 15) is 35.1 Å². The lowest BCUT2D eigenvalue weighted by molar-refractivity contribution is -0.290. The monoisotopic (exact) mass is 411 g/mol. The normalized spacial score (nSPS) is 13.7. The SMILES string of the molecule is Cn1cc(C(F)(F)F)c(C(F)(F)C(F)(F)F)c1-n1cc(Br)cn1. The number of alkyl halides is 8. The van der Waals surface area contributed by atoms with Crippen LogP contribution in [0.4, 0.5) is 35.1 Å². The topological polar surface area (TPSA) is 22.8 Å². The largest absolute Gasteiger partial charge is 0.458 e. The van der Waals surface area contributed by atoms with Crippen LogP contribution in [0.1, 0.15) is 11.1 Å². The first-order chi connectivity index (χ1) is 10.3. The van der Waals surface area contributed by atoms with Gasteiger partial charge in [0.15, 0.2) is 0 Å². The Morgan fingerprint density at radius 3 is 1.96 bits per heavy atom. The van der Waals surface area contributed by atoms with Crippen LogP contribution in [-0.4, -0.2) is 20.5 Å². The second-order valence-electron chi connectivity index (χ2n) is 4.53. The Morgan fingerprint density at radius 2 is 1.57 bits per heavy atom. The molecule has 0 spiro atoms. The molecule has 0 aliphatic carbocycles. The lowest BCUT2D eigenvalue weighted by atomic mass is 10.1. The van der Waals surface area contributed by atoms with Crippen molar-refractivity contribution >= 4 is 15.9 Å². The zero-order chi connectivity index (χ0) is 17.8. The second kappa shape index (κ2) is 5.21. The minimum atomic E-state index is -6.20. The van der Waals surface area contributed by atoms with Crippen LogP contribution in [0.15, 0.2) is 23.1 Å². The van der Waals surface area contributed by atoms with Crippen molar-refractivity contribution in [3.05, 3.63) is 34.2 Å². The Balaban J connectivity index is 2.86. The van der Waals surface area contributed by atoms with E-state index in [0.29, 0.717) is 9.25 Å². The molecule has 128 valence electrons. The van der Waals surface area contributed by atoms with Crippen molar-refractivity contribution in [1.82, 2.24) is 14.3 Å². The van der Waals surface area contributed by atoms with Crippen molar-refractivity contribution in [2.24, 2.45) is 7.05 Å². The van der Waals surface area contributed by atoms with Gasteiger partial charge in [-0.1, -0.05) is 0 Å². The van der Waals surface area contributed by atoms with Gasteiger partial charge in [0.05, 0.1) is 21.8 Å².